The summed E-state index contributed by atoms with van der Waals surface area (Å²) in [6, 6.07) is 0. The predicted octanol–water partition coefficient (Wildman–Crippen LogP) is -0.857. The zero-order valence-corrected chi connectivity index (χ0v) is 5.84. The Morgan fingerprint density at radius 3 is 1.89 bits per heavy atom. The normalized spacial score (nSPS) is 15.1. The lowest BCUT2D eigenvalue weighted by Crippen LogP contribution is -2.43. The van der Waals surface area contributed by atoms with E-state index in [-0.39, 0.29) is 0 Å². The third-order valence-corrected chi connectivity index (χ3v) is 1.04. The number of aliphatic hydroxyl groups is 1. The van der Waals surface area contributed by atoms with Crippen molar-refractivity contribution in [3.63, 3.8) is 0 Å². The predicted molar refractivity (Wildman–Crippen MR) is 30.5 cm³/mol. The summed E-state index contributed by atoms with van der Waals surface area (Å²) in [6.07, 6.45) is -1.38. The van der Waals surface area contributed by atoms with Gasteiger partial charge in [0, 0.05) is 0 Å². The van der Waals surface area contributed by atoms with Gasteiger partial charge in [-0.15, -0.1) is 0 Å². The number of aliphatic carboxylic acids is 1. The summed E-state index contributed by atoms with van der Waals surface area (Å²) in [5.41, 5.74) is -0.626. The molecule has 9 heavy (non-hydrogen) atoms. The third-order valence-electron chi connectivity index (χ3n) is 1.04. The van der Waals surface area contributed by atoms with Crippen LogP contribution in [0.25, 0.3) is 0 Å². The molecule has 0 saturated carbocycles. The molecular formula is C6H11O3-. The maximum atomic E-state index is 9.98. The van der Waals surface area contributed by atoms with Gasteiger partial charge >= 0.3 is 0 Å². The van der Waals surface area contributed by atoms with Crippen LogP contribution in [0.5, 0.6) is 0 Å². The molecule has 0 aliphatic rings. The summed E-state index contributed by atoms with van der Waals surface area (Å²) >= 11 is 0. The number of rotatable bonds is 1. The first-order chi connectivity index (χ1) is 3.85. The van der Waals surface area contributed by atoms with Crippen molar-refractivity contribution < 1.29 is 15.0 Å². The highest BCUT2D eigenvalue weighted by atomic mass is 16.4. The van der Waals surface area contributed by atoms with Crippen LogP contribution in [-0.2, 0) is 4.79 Å². The first kappa shape index (κ1) is 8.43. The minimum atomic E-state index is -1.41. The number of carboxylic acid groups (broad SMARTS) is 1. The summed E-state index contributed by atoms with van der Waals surface area (Å²) in [5, 5.41) is 18.8. The Hall–Kier alpha value is -0.570. The molecule has 1 atom stereocenters. The van der Waals surface area contributed by atoms with Crippen molar-refractivity contribution in [2.75, 3.05) is 0 Å². The van der Waals surface area contributed by atoms with Crippen LogP contribution in [0.1, 0.15) is 20.8 Å². The molecule has 54 valence electrons. The number of carbonyl (C=O) groups is 1. The second-order valence-corrected chi connectivity index (χ2v) is 3.09. The highest BCUT2D eigenvalue weighted by Gasteiger charge is 2.22. The molecule has 0 aliphatic carbocycles. The molecule has 0 radical (unpaired) electrons. The van der Waals surface area contributed by atoms with Gasteiger partial charge in [-0.1, -0.05) is 20.8 Å². The van der Waals surface area contributed by atoms with Gasteiger partial charge in [0.25, 0.3) is 0 Å². The first-order valence-electron chi connectivity index (χ1n) is 2.74. The lowest BCUT2D eigenvalue weighted by molar-refractivity contribution is -0.318. The fourth-order valence-electron chi connectivity index (χ4n) is 0.354. The van der Waals surface area contributed by atoms with Crippen LogP contribution >= 0.6 is 0 Å². The molecule has 0 saturated heterocycles. The van der Waals surface area contributed by atoms with Gasteiger partial charge in [-0.2, -0.15) is 0 Å². The second kappa shape index (κ2) is 2.35. The van der Waals surface area contributed by atoms with E-state index in [9.17, 15) is 9.90 Å². The van der Waals surface area contributed by atoms with Gasteiger partial charge in [-0.05, 0) is 5.41 Å². The maximum Gasteiger partial charge on any atom is 0.0981 e. The Kier molecular flexibility index (Phi) is 2.20. The van der Waals surface area contributed by atoms with Crippen molar-refractivity contribution in [1.82, 2.24) is 0 Å². The minimum absolute atomic E-state index is 0.626. The molecule has 3 heteroatoms. The summed E-state index contributed by atoms with van der Waals surface area (Å²) < 4.78 is 0. The van der Waals surface area contributed by atoms with Gasteiger partial charge in [0.05, 0.1) is 12.1 Å². The largest absolute Gasteiger partial charge is 0.547 e. The van der Waals surface area contributed by atoms with Crippen molar-refractivity contribution in [2.45, 2.75) is 26.9 Å². The van der Waals surface area contributed by atoms with E-state index < -0.39 is 17.5 Å². The van der Waals surface area contributed by atoms with Gasteiger partial charge < -0.3 is 15.0 Å². The van der Waals surface area contributed by atoms with E-state index in [1.807, 2.05) is 0 Å². The molecule has 0 rings (SSSR count). The topological polar surface area (TPSA) is 60.4 Å². The van der Waals surface area contributed by atoms with Crippen LogP contribution in [0.2, 0.25) is 0 Å². The van der Waals surface area contributed by atoms with Gasteiger partial charge in [0.2, 0.25) is 0 Å². The van der Waals surface area contributed by atoms with Crippen LogP contribution in [0, 0.1) is 5.41 Å². The minimum Gasteiger partial charge on any atom is -0.547 e. The smallest absolute Gasteiger partial charge is 0.0981 e. The molecule has 0 fully saturated rings. The maximum absolute atomic E-state index is 9.98. The first-order valence-corrected chi connectivity index (χ1v) is 2.74. The van der Waals surface area contributed by atoms with Crippen molar-refractivity contribution in [2.24, 2.45) is 5.41 Å². The summed E-state index contributed by atoms with van der Waals surface area (Å²) in [6.45, 7) is 4.90. The molecule has 0 aliphatic heterocycles. The van der Waals surface area contributed by atoms with Crippen LogP contribution in [0.15, 0.2) is 0 Å². The Balaban J connectivity index is 4.04. The monoisotopic (exact) mass is 131 g/mol. The van der Waals surface area contributed by atoms with Gasteiger partial charge in [0.15, 0.2) is 0 Å². The van der Waals surface area contributed by atoms with Crippen LogP contribution in [-0.4, -0.2) is 17.2 Å². The van der Waals surface area contributed by atoms with Gasteiger partial charge in [-0.25, -0.2) is 0 Å². The number of carboxylic acids is 1. The van der Waals surface area contributed by atoms with Crippen LogP contribution < -0.4 is 5.11 Å². The standard InChI is InChI=1S/C6H12O3/c1-6(2,3)4(7)5(8)9/h4,7H,1-3H3,(H,8,9)/p-1/t4-/m1/s1. The highest BCUT2D eigenvalue weighted by molar-refractivity contribution is 5.70. The summed E-state index contributed by atoms with van der Waals surface area (Å²) in [4.78, 5) is 9.98. The average molecular weight is 131 g/mol. The number of hydrogen-bond acceptors (Lipinski definition) is 3. The molecule has 0 amide bonds. The molecule has 0 spiro atoms. The summed E-state index contributed by atoms with van der Waals surface area (Å²) in [5.74, 6) is -1.41. The number of hydrogen-bond donors (Lipinski definition) is 1. The zero-order chi connectivity index (χ0) is 7.65. The molecule has 0 bridgehead atoms. The quantitative estimate of drug-likeness (QED) is 0.504. The molecule has 0 unspecified atom stereocenters. The fraction of sp³-hybridized carbons (Fsp3) is 0.833. The van der Waals surface area contributed by atoms with Crippen molar-refractivity contribution >= 4 is 5.97 Å². The molecule has 0 aromatic heterocycles. The zero-order valence-electron chi connectivity index (χ0n) is 5.84. The summed E-state index contributed by atoms with van der Waals surface area (Å²) in [7, 11) is 0. The second-order valence-electron chi connectivity index (χ2n) is 3.09. The van der Waals surface area contributed by atoms with Crippen molar-refractivity contribution in [3.8, 4) is 0 Å². The van der Waals surface area contributed by atoms with Crippen LogP contribution in [0.4, 0.5) is 0 Å². The fourth-order valence-corrected chi connectivity index (χ4v) is 0.354. The molecule has 3 nitrogen and oxygen atoms in total. The Bertz CT molecular complexity index is 112. The lowest BCUT2D eigenvalue weighted by atomic mass is 9.89. The number of carbonyl (C=O) groups excluding carboxylic acids is 1. The molecule has 0 heterocycles. The Morgan fingerprint density at radius 2 is 1.89 bits per heavy atom. The SMILES string of the molecule is CC(C)(C)[C@H](O)C(=O)[O-]. The Labute approximate surface area is 54.3 Å². The number of aliphatic hydroxyl groups excluding tert-OH is 1. The third kappa shape index (κ3) is 2.46. The molecule has 0 aromatic rings. The van der Waals surface area contributed by atoms with Crippen LogP contribution in [0.3, 0.4) is 0 Å². The van der Waals surface area contributed by atoms with E-state index in [0.717, 1.165) is 0 Å². The van der Waals surface area contributed by atoms with E-state index in [1.54, 1.807) is 20.8 Å². The van der Waals surface area contributed by atoms with E-state index >= 15 is 0 Å². The van der Waals surface area contributed by atoms with Gasteiger partial charge in [-0.3, -0.25) is 0 Å². The average Bonchev–Trinajstić information content (AvgIpc) is 1.62. The van der Waals surface area contributed by atoms with E-state index in [1.165, 1.54) is 0 Å². The van der Waals surface area contributed by atoms with Crippen molar-refractivity contribution in [3.05, 3.63) is 0 Å². The van der Waals surface area contributed by atoms with Gasteiger partial charge in [0.1, 0.15) is 0 Å². The Morgan fingerprint density at radius 1 is 1.56 bits per heavy atom. The lowest BCUT2D eigenvalue weighted by Gasteiger charge is -2.25. The van der Waals surface area contributed by atoms with E-state index in [0.29, 0.717) is 0 Å². The highest BCUT2D eigenvalue weighted by Crippen LogP contribution is 2.17. The van der Waals surface area contributed by atoms with Crippen molar-refractivity contribution in [1.29, 1.82) is 0 Å². The van der Waals surface area contributed by atoms with E-state index in [2.05, 4.69) is 0 Å². The molecular weight excluding hydrogens is 120 g/mol. The molecule has 1 N–H and O–H groups in total. The van der Waals surface area contributed by atoms with E-state index in [4.69, 9.17) is 5.11 Å². The molecule has 0 aromatic carbocycles.